The Balaban J connectivity index is 1.89. The van der Waals surface area contributed by atoms with Crippen molar-refractivity contribution in [2.24, 2.45) is 0 Å². The molecule has 2 unspecified atom stereocenters. The smallest absolute Gasteiger partial charge is 0.197 e. The third-order valence-corrected chi connectivity index (χ3v) is 5.54. The second kappa shape index (κ2) is 8.41. The van der Waals surface area contributed by atoms with Crippen molar-refractivity contribution in [3.63, 3.8) is 0 Å². The number of benzene rings is 2. The fourth-order valence-corrected chi connectivity index (χ4v) is 3.85. The van der Waals surface area contributed by atoms with Crippen molar-refractivity contribution in [3.8, 4) is 28.6 Å². The van der Waals surface area contributed by atoms with E-state index >= 15 is 0 Å². The highest BCUT2D eigenvalue weighted by Gasteiger charge is 2.46. The normalized spacial score (nSPS) is 25.7. The lowest BCUT2D eigenvalue weighted by Gasteiger charge is -2.40. The van der Waals surface area contributed by atoms with Crippen molar-refractivity contribution in [3.05, 3.63) is 52.2 Å². The number of hydrogen-bond acceptors (Lipinski definition) is 10. The average molecular weight is 446 g/mol. The number of ether oxygens (including phenoxy) is 2. The van der Waals surface area contributed by atoms with Gasteiger partial charge in [-0.25, -0.2) is 0 Å². The highest BCUT2D eigenvalue weighted by molar-refractivity contribution is 5.88. The molecule has 0 bridgehead atoms. The summed E-state index contributed by atoms with van der Waals surface area (Å²) in [6, 6.07) is 8.46. The van der Waals surface area contributed by atoms with E-state index < -0.39 is 48.3 Å². The Morgan fingerprint density at radius 1 is 1.00 bits per heavy atom. The van der Waals surface area contributed by atoms with Crippen molar-refractivity contribution in [2.45, 2.75) is 30.5 Å². The molecule has 4 rings (SSSR count). The van der Waals surface area contributed by atoms with Gasteiger partial charge in [0.05, 0.1) is 19.3 Å². The summed E-state index contributed by atoms with van der Waals surface area (Å²) in [4.78, 5) is 12.9. The minimum atomic E-state index is -1.69. The molecule has 5 atom stereocenters. The van der Waals surface area contributed by atoms with Crippen LogP contribution in [0.15, 0.2) is 45.6 Å². The van der Waals surface area contributed by atoms with Gasteiger partial charge in [-0.2, -0.15) is 0 Å². The molecule has 1 aromatic heterocycles. The molecule has 10 nitrogen and oxygen atoms in total. The van der Waals surface area contributed by atoms with E-state index in [-0.39, 0.29) is 33.8 Å². The maximum atomic E-state index is 12.9. The summed E-state index contributed by atoms with van der Waals surface area (Å²) in [6.45, 7) is -0.657. The number of methoxy groups -OCH3 is 1. The van der Waals surface area contributed by atoms with E-state index in [1.807, 2.05) is 0 Å². The van der Waals surface area contributed by atoms with Gasteiger partial charge in [-0.05, 0) is 24.3 Å². The van der Waals surface area contributed by atoms with E-state index in [1.54, 1.807) is 12.1 Å². The van der Waals surface area contributed by atoms with Gasteiger partial charge in [-0.3, -0.25) is 4.79 Å². The quantitative estimate of drug-likeness (QED) is 0.330. The summed E-state index contributed by atoms with van der Waals surface area (Å²) in [5.41, 5.74) is -0.233. The van der Waals surface area contributed by atoms with Crippen molar-refractivity contribution in [2.75, 3.05) is 13.7 Å². The summed E-state index contributed by atoms with van der Waals surface area (Å²) in [5, 5.41) is 60.3. The van der Waals surface area contributed by atoms with Crippen molar-refractivity contribution in [1.29, 1.82) is 0 Å². The van der Waals surface area contributed by atoms with Crippen LogP contribution in [0.25, 0.3) is 22.3 Å². The molecule has 170 valence electrons. The number of aromatic hydroxyl groups is 2. The van der Waals surface area contributed by atoms with Gasteiger partial charge < -0.3 is 44.5 Å². The lowest BCUT2D eigenvalue weighted by atomic mass is 9.89. The number of fused-ring (bicyclic) bond motifs is 1. The van der Waals surface area contributed by atoms with Crippen LogP contribution in [0.5, 0.6) is 17.2 Å². The zero-order chi connectivity index (χ0) is 23.2. The van der Waals surface area contributed by atoms with E-state index in [1.165, 1.54) is 25.3 Å². The van der Waals surface area contributed by atoms with Crippen LogP contribution >= 0.6 is 0 Å². The topological polar surface area (TPSA) is 170 Å². The minimum Gasteiger partial charge on any atom is -0.508 e. The molecule has 1 aliphatic rings. The lowest BCUT2D eigenvalue weighted by molar-refractivity contribution is -0.232. The van der Waals surface area contributed by atoms with Gasteiger partial charge in [0.25, 0.3) is 0 Å². The summed E-state index contributed by atoms with van der Waals surface area (Å²) < 4.78 is 16.6. The number of phenolic OH excluding ortho intramolecular Hbond substituents is 2. The SMILES string of the molecule is COc1cc2oc(-c3ccc(O)cc3)cc(=O)c2c(O)c1[C@@H]1O[C@H](CO)C(O)[C@H](O)C1O. The summed E-state index contributed by atoms with van der Waals surface area (Å²) in [7, 11) is 1.29. The Kier molecular flexibility index (Phi) is 5.80. The Labute approximate surface area is 181 Å². The molecule has 0 saturated carbocycles. The predicted molar refractivity (Wildman–Crippen MR) is 111 cm³/mol. The highest BCUT2D eigenvalue weighted by atomic mass is 16.5. The molecule has 10 heteroatoms. The van der Waals surface area contributed by atoms with E-state index in [0.717, 1.165) is 6.07 Å². The Morgan fingerprint density at radius 2 is 1.69 bits per heavy atom. The largest absolute Gasteiger partial charge is 0.508 e. The van der Waals surface area contributed by atoms with Crippen molar-refractivity contribution < 1.29 is 44.5 Å². The molecule has 6 N–H and O–H groups in total. The first-order chi connectivity index (χ1) is 15.3. The molecular weight excluding hydrogens is 424 g/mol. The van der Waals surface area contributed by atoms with E-state index in [9.17, 15) is 35.4 Å². The fourth-order valence-electron chi connectivity index (χ4n) is 3.85. The lowest BCUT2D eigenvalue weighted by Crippen LogP contribution is -2.55. The molecule has 1 saturated heterocycles. The molecule has 0 spiro atoms. The molecular formula is C22H22O10. The summed E-state index contributed by atoms with van der Waals surface area (Å²) >= 11 is 0. The van der Waals surface area contributed by atoms with Crippen LogP contribution in [0.1, 0.15) is 11.7 Å². The number of aliphatic hydroxyl groups excluding tert-OH is 4. The van der Waals surface area contributed by atoms with Crippen LogP contribution in [-0.4, -0.2) is 68.8 Å². The molecule has 0 aliphatic carbocycles. The molecule has 0 amide bonds. The van der Waals surface area contributed by atoms with E-state index in [4.69, 9.17) is 13.9 Å². The van der Waals surface area contributed by atoms with E-state index in [0.29, 0.717) is 5.56 Å². The maximum Gasteiger partial charge on any atom is 0.197 e. The zero-order valence-corrected chi connectivity index (χ0v) is 16.9. The second-order valence-corrected chi connectivity index (χ2v) is 7.49. The monoisotopic (exact) mass is 446 g/mol. The number of rotatable bonds is 4. The maximum absolute atomic E-state index is 12.9. The molecule has 1 fully saturated rings. The van der Waals surface area contributed by atoms with Crippen molar-refractivity contribution in [1.82, 2.24) is 0 Å². The number of hydrogen-bond donors (Lipinski definition) is 6. The highest BCUT2D eigenvalue weighted by Crippen LogP contribution is 2.45. The van der Waals surface area contributed by atoms with Crippen LogP contribution in [0.3, 0.4) is 0 Å². The predicted octanol–water partition coefficient (Wildman–Crippen LogP) is 0.395. The molecule has 1 aliphatic heterocycles. The molecule has 2 heterocycles. The first-order valence-electron chi connectivity index (χ1n) is 9.74. The van der Waals surface area contributed by atoms with Gasteiger partial charge >= 0.3 is 0 Å². The van der Waals surface area contributed by atoms with Crippen LogP contribution in [-0.2, 0) is 4.74 Å². The first-order valence-corrected chi connectivity index (χ1v) is 9.74. The Morgan fingerprint density at radius 3 is 2.31 bits per heavy atom. The van der Waals surface area contributed by atoms with Gasteiger partial charge in [-0.1, -0.05) is 0 Å². The Hall–Kier alpha value is -3.15. The van der Waals surface area contributed by atoms with Crippen LogP contribution in [0.2, 0.25) is 0 Å². The summed E-state index contributed by atoms with van der Waals surface area (Å²) in [6.07, 6.45) is -7.59. The van der Waals surface area contributed by atoms with E-state index in [2.05, 4.69) is 0 Å². The van der Waals surface area contributed by atoms with Gasteiger partial charge in [0, 0.05) is 17.7 Å². The summed E-state index contributed by atoms with van der Waals surface area (Å²) in [5.74, 6) is -0.370. The average Bonchev–Trinajstić information content (AvgIpc) is 2.78. The fraction of sp³-hybridized carbons (Fsp3) is 0.318. The minimum absolute atomic E-state index is 0.00895. The third kappa shape index (κ3) is 3.57. The second-order valence-electron chi connectivity index (χ2n) is 7.49. The van der Waals surface area contributed by atoms with Crippen molar-refractivity contribution >= 4 is 11.0 Å². The first kappa shape index (κ1) is 22.1. The number of aliphatic hydroxyl groups is 4. The molecule has 32 heavy (non-hydrogen) atoms. The Bertz CT molecular complexity index is 1180. The third-order valence-electron chi connectivity index (χ3n) is 5.54. The zero-order valence-electron chi connectivity index (χ0n) is 16.9. The van der Waals surface area contributed by atoms with Gasteiger partial charge in [0.2, 0.25) is 0 Å². The molecule has 3 aromatic rings. The van der Waals surface area contributed by atoms with Gasteiger partial charge in [0.1, 0.15) is 64.5 Å². The van der Waals surface area contributed by atoms with Crippen LogP contribution in [0, 0.1) is 0 Å². The van der Waals surface area contributed by atoms with Crippen LogP contribution < -0.4 is 10.2 Å². The molecule has 0 radical (unpaired) electrons. The van der Waals surface area contributed by atoms with Gasteiger partial charge in [-0.15, -0.1) is 0 Å². The molecule has 2 aromatic carbocycles. The number of phenols is 2. The van der Waals surface area contributed by atoms with Crippen LogP contribution in [0.4, 0.5) is 0 Å². The van der Waals surface area contributed by atoms with Gasteiger partial charge in [0.15, 0.2) is 5.43 Å². The standard InChI is InChI=1S/C22H22O10/c1-30-13-7-14-16(11(25)6-12(31-14)9-2-4-10(24)5-3-9)19(27)17(13)22-21(29)20(28)18(26)15(8-23)32-22/h2-7,15,18,20-24,26-29H,8H2,1H3/t15-,18?,20+,21?,22+/m1/s1.